The third-order valence-electron chi connectivity index (χ3n) is 4.03. The molecule has 0 aromatic heterocycles. The average Bonchev–Trinajstić information content (AvgIpc) is 2.67. The monoisotopic (exact) mass is 407 g/mol. The van der Waals surface area contributed by atoms with Crippen LogP contribution in [-0.4, -0.2) is 34.2 Å². The number of nitrogens with zero attached hydrogens (tertiary/aromatic N) is 2. The first-order valence-corrected chi connectivity index (χ1v) is 11.3. The summed E-state index contributed by atoms with van der Waals surface area (Å²) in [6, 6.07) is 13.8. The Kier molecular flexibility index (Phi) is 6.73. The van der Waals surface area contributed by atoms with E-state index in [1.165, 1.54) is 28.6 Å². The summed E-state index contributed by atoms with van der Waals surface area (Å²) in [6.07, 6.45) is 0. The van der Waals surface area contributed by atoms with Gasteiger partial charge in [-0.3, -0.25) is 0 Å². The van der Waals surface area contributed by atoms with Gasteiger partial charge in [-0.15, -0.1) is 0 Å². The number of hydrogen-bond donors (Lipinski definition) is 1. The van der Waals surface area contributed by atoms with Gasteiger partial charge >= 0.3 is 0 Å². The Balaban J connectivity index is 2.17. The summed E-state index contributed by atoms with van der Waals surface area (Å²) in [5.41, 5.74) is 0.664. The molecule has 0 atom stereocenters. The predicted molar refractivity (Wildman–Crippen MR) is 102 cm³/mol. The maximum Gasteiger partial charge on any atom is 0.243 e. The average molecular weight is 408 g/mol. The third kappa shape index (κ3) is 4.73. The zero-order chi connectivity index (χ0) is 20.1. The number of sulfonamides is 2. The highest BCUT2D eigenvalue weighted by molar-refractivity contribution is 7.89. The molecule has 0 saturated heterocycles. The molecular formula is C18H21N3O4S2. The second-order valence-corrected chi connectivity index (χ2v) is 9.34. The first-order valence-electron chi connectivity index (χ1n) is 8.34. The van der Waals surface area contributed by atoms with Gasteiger partial charge in [0.15, 0.2) is 0 Å². The van der Waals surface area contributed by atoms with Crippen LogP contribution in [0, 0.1) is 11.3 Å². The largest absolute Gasteiger partial charge is 0.243 e. The van der Waals surface area contributed by atoms with Gasteiger partial charge < -0.3 is 0 Å². The Hall–Kier alpha value is -2.25. The smallest absolute Gasteiger partial charge is 0.207 e. The number of rotatable bonds is 8. The van der Waals surface area contributed by atoms with Crippen molar-refractivity contribution in [3.63, 3.8) is 0 Å². The van der Waals surface area contributed by atoms with Crippen molar-refractivity contribution in [3.8, 4) is 6.07 Å². The fourth-order valence-corrected chi connectivity index (χ4v) is 5.17. The molecule has 0 amide bonds. The lowest BCUT2D eigenvalue weighted by molar-refractivity contribution is 0.445. The molecule has 0 radical (unpaired) electrons. The Morgan fingerprint density at radius 1 is 0.963 bits per heavy atom. The molecule has 2 aromatic rings. The molecule has 7 nitrogen and oxygen atoms in total. The van der Waals surface area contributed by atoms with Crippen LogP contribution in [0.1, 0.15) is 25.0 Å². The predicted octanol–water partition coefficient (Wildman–Crippen LogP) is 2.07. The van der Waals surface area contributed by atoms with Crippen LogP contribution in [0.2, 0.25) is 0 Å². The van der Waals surface area contributed by atoms with Gasteiger partial charge in [0.25, 0.3) is 0 Å². The lowest BCUT2D eigenvalue weighted by Gasteiger charge is -2.18. The fourth-order valence-electron chi connectivity index (χ4n) is 2.54. The lowest BCUT2D eigenvalue weighted by atomic mass is 10.2. The van der Waals surface area contributed by atoms with E-state index in [1.807, 2.05) is 6.07 Å². The standard InChI is InChI=1S/C18H21N3O4S2/c1-3-21(4-2)27(24,25)17-11-9-15(10-12-17)14-20-26(22,23)18-8-6-5-7-16(18)13-19/h5-12,20H,3-4,14H2,1-2H3. The number of nitriles is 1. The molecule has 0 heterocycles. The molecule has 9 heteroatoms. The molecule has 1 N–H and O–H groups in total. The third-order valence-corrected chi connectivity index (χ3v) is 7.55. The van der Waals surface area contributed by atoms with E-state index in [0.29, 0.717) is 18.7 Å². The van der Waals surface area contributed by atoms with Crippen molar-refractivity contribution in [1.82, 2.24) is 9.03 Å². The zero-order valence-electron chi connectivity index (χ0n) is 15.1. The molecule has 2 aromatic carbocycles. The SMILES string of the molecule is CCN(CC)S(=O)(=O)c1ccc(CNS(=O)(=O)c2ccccc2C#N)cc1. The van der Waals surface area contributed by atoms with E-state index in [2.05, 4.69) is 4.72 Å². The molecular weight excluding hydrogens is 386 g/mol. The molecule has 2 rings (SSSR count). The summed E-state index contributed by atoms with van der Waals surface area (Å²) in [5, 5.41) is 9.06. The van der Waals surface area contributed by atoms with E-state index in [1.54, 1.807) is 38.1 Å². The van der Waals surface area contributed by atoms with Gasteiger partial charge in [-0.2, -0.15) is 9.57 Å². The maximum absolute atomic E-state index is 12.5. The van der Waals surface area contributed by atoms with Crippen LogP contribution < -0.4 is 4.72 Å². The van der Waals surface area contributed by atoms with E-state index in [-0.39, 0.29) is 21.9 Å². The van der Waals surface area contributed by atoms with Gasteiger partial charge in [-0.05, 0) is 29.8 Å². The van der Waals surface area contributed by atoms with E-state index in [0.717, 1.165) is 0 Å². The van der Waals surface area contributed by atoms with E-state index in [9.17, 15) is 16.8 Å². The quantitative estimate of drug-likeness (QED) is 0.721. The highest BCUT2D eigenvalue weighted by Gasteiger charge is 2.21. The van der Waals surface area contributed by atoms with Crippen molar-refractivity contribution in [2.75, 3.05) is 13.1 Å². The van der Waals surface area contributed by atoms with Gasteiger partial charge in [-0.1, -0.05) is 38.1 Å². The second-order valence-electron chi connectivity index (χ2n) is 5.67. The minimum Gasteiger partial charge on any atom is -0.207 e. The highest BCUT2D eigenvalue weighted by atomic mass is 32.2. The topological polar surface area (TPSA) is 107 Å². The van der Waals surface area contributed by atoms with Gasteiger partial charge in [0, 0.05) is 19.6 Å². The number of nitrogens with one attached hydrogen (secondary N) is 1. The van der Waals surface area contributed by atoms with Gasteiger partial charge in [0.1, 0.15) is 6.07 Å². The lowest BCUT2D eigenvalue weighted by Crippen LogP contribution is -2.30. The van der Waals surface area contributed by atoms with Crippen LogP contribution in [0.5, 0.6) is 0 Å². The van der Waals surface area contributed by atoms with Crippen molar-refractivity contribution in [2.24, 2.45) is 0 Å². The van der Waals surface area contributed by atoms with E-state index < -0.39 is 20.0 Å². The van der Waals surface area contributed by atoms with Crippen LogP contribution in [-0.2, 0) is 26.6 Å². The molecule has 0 bridgehead atoms. The molecule has 0 fully saturated rings. The zero-order valence-corrected chi connectivity index (χ0v) is 16.7. The first-order chi connectivity index (χ1) is 12.8. The highest BCUT2D eigenvalue weighted by Crippen LogP contribution is 2.18. The van der Waals surface area contributed by atoms with Crippen LogP contribution in [0.4, 0.5) is 0 Å². The minimum atomic E-state index is -3.86. The Morgan fingerprint density at radius 2 is 1.56 bits per heavy atom. The normalized spacial score (nSPS) is 12.1. The molecule has 0 saturated carbocycles. The maximum atomic E-state index is 12.5. The Labute approximate surface area is 160 Å². The Morgan fingerprint density at radius 3 is 2.11 bits per heavy atom. The van der Waals surface area contributed by atoms with Crippen LogP contribution in [0.25, 0.3) is 0 Å². The van der Waals surface area contributed by atoms with Crippen LogP contribution in [0.3, 0.4) is 0 Å². The second kappa shape index (κ2) is 8.63. The molecule has 144 valence electrons. The minimum absolute atomic E-state index is 0.0201. The summed E-state index contributed by atoms with van der Waals surface area (Å²) >= 11 is 0. The fraction of sp³-hybridized carbons (Fsp3) is 0.278. The molecule has 0 aliphatic rings. The van der Waals surface area contributed by atoms with Crippen molar-refractivity contribution in [2.45, 2.75) is 30.2 Å². The van der Waals surface area contributed by atoms with E-state index >= 15 is 0 Å². The molecule has 27 heavy (non-hydrogen) atoms. The van der Waals surface area contributed by atoms with Crippen molar-refractivity contribution >= 4 is 20.0 Å². The molecule has 0 aliphatic carbocycles. The van der Waals surface area contributed by atoms with Gasteiger partial charge in [0.05, 0.1) is 15.4 Å². The van der Waals surface area contributed by atoms with Crippen molar-refractivity contribution in [3.05, 3.63) is 59.7 Å². The number of hydrogen-bond acceptors (Lipinski definition) is 5. The summed E-state index contributed by atoms with van der Waals surface area (Å²) in [6.45, 7) is 4.26. The Bertz CT molecular complexity index is 1040. The van der Waals surface area contributed by atoms with E-state index in [4.69, 9.17) is 5.26 Å². The number of benzene rings is 2. The molecule has 0 unspecified atom stereocenters. The summed E-state index contributed by atoms with van der Waals surface area (Å²) in [4.78, 5) is 0.0702. The summed E-state index contributed by atoms with van der Waals surface area (Å²) < 4.78 is 53.5. The van der Waals surface area contributed by atoms with Crippen molar-refractivity contribution < 1.29 is 16.8 Å². The van der Waals surface area contributed by atoms with Crippen LogP contribution in [0.15, 0.2) is 58.3 Å². The first kappa shape index (κ1) is 21.1. The van der Waals surface area contributed by atoms with Crippen molar-refractivity contribution in [1.29, 1.82) is 5.26 Å². The van der Waals surface area contributed by atoms with Crippen LogP contribution >= 0.6 is 0 Å². The summed E-state index contributed by atoms with van der Waals surface area (Å²) in [5.74, 6) is 0. The molecule has 0 aliphatic heterocycles. The molecule has 0 spiro atoms. The summed E-state index contributed by atoms with van der Waals surface area (Å²) in [7, 11) is -7.41. The van der Waals surface area contributed by atoms with Gasteiger partial charge in [-0.25, -0.2) is 21.6 Å². The van der Waals surface area contributed by atoms with Gasteiger partial charge in [0.2, 0.25) is 20.0 Å².